The lowest BCUT2D eigenvalue weighted by molar-refractivity contribution is -0.145. The van der Waals surface area contributed by atoms with Crippen molar-refractivity contribution in [2.24, 2.45) is 0 Å². The summed E-state index contributed by atoms with van der Waals surface area (Å²) in [6.07, 6.45) is -0.704. The quantitative estimate of drug-likeness (QED) is 0.747. The first kappa shape index (κ1) is 16.1. The van der Waals surface area contributed by atoms with Gasteiger partial charge in [-0.1, -0.05) is 0 Å². The number of nitrogens with zero attached hydrogens (tertiary/aromatic N) is 1. The topological polar surface area (TPSA) is 71.5 Å². The fourth-order valence-corrected chi connectivity index (χ4v) is 2.79. The Morgan fingerprint density at radius 3 is 2.74 bits per heavy atom. The number of ether oxygens (including phenoxy) is 1. The van der Waals surface area contributed by atoms with E-state index >= 15 is 0 Å². The highest BCUT2D eigenvalue weighted by molar-refractivity contribution is 7.11. The van der Waals surface area contributed by atoms with Crippen molar-refractivity contribution < 1.29 is 14.6 Å². The molecule has 1 aromatic rings. The molecule has 0 radical (unpaired) electrons. The maximum Gasteiger partial charge on any atom is 0.308 e. The monoisotopic (exact) mass is 286 g/mol. The highest BCUT2D eigenvalue weighted by Gasteiger charge is 2.16. The van der Waals surface area contributed by atoms with E-state index in [1.54, 1.807) is 18.3 Å². The smallest absolute Gasteiger partial charge is 0.308 e. The van der Waals surface area contributed by atoms with Crippen LogP contribution in [0.3, 0.4) is 0 Å². The molecule has 108 valence electrons. The number of hydrogen-bond acceptors (Lipinski definition) is 6. The Bertz CT molecular complexity index is 420. The average molecular weight is 286 g/mol. The summed E-state index contributed by atoms with van der Waals surface area (Å²) in [5.41, 5.74) is 1.02. The number of aromatic nitrogens is 1. The zero-order valence-corrected chi connectivity index (χ0v) is 12.7. The predicted octanol–water partition coefficient (Wildman–Crippen LogP) is 1.72. The highest BCUT2D eigenvalue weighted by atomic mass is 32.1. The summed E-state index contributed by atoms with van der Waals surface area (Å²) < 4.78 is 4.79. The maximum absolute atomic E-state index is 11.2. The molecule has 0 spiro atoms. The van der Waals surface area contributed by atoms with E-state index in [0.717, 1.165) is 10.7 Å². The molecular formula is C13H22N2O3S. The van der Waals surface area contributed by atoms with E-state index in [4.69, 9.17) is 4.74 Å². The number of carbonyl (C=O) groups excluding carboxylic acids is 1. The van der Waals surface area contributed by atoms with Crippen LogP contribution in [-0.2, 0) is 9.53 Å². The number of aliphatic hydroxyl groups excluding tert-OH is 1. The second-order valence-corrected chi connectivity index (χ2v) is 5.71. The molecular weight excluding hydrogens is 264 g/mol. The van der Waals surface area contributed by atoms with E-state index in [9.17, 15) is 9.90 Å². The molecule has 2 unspecified atom stereocenters. The largest absolute Gasteiger partial charge is 0.466 e. The number of nitrogens with one attached hydrogen (secondary N) is 1. The van der Waals surface area contributed by atoms with Crippen molar-refractivity contribution >= 4 is 17.3 Å². The Morgan fingerprint density at radius 2 is 2.21 bits per heavy atom. The molecule has 6 heteroatoms. The third-order valence-electron chi connectivity index (χ3n) is 2.70. The van der Waals surface area contributed by atoms with Crippen LogP contribution in [0, 0.1) is 13.8 Å². The van der Waals surface area contributed by atoms with Crippen molar-refractivity contribution in [1.29, 1.82) is 0 Å². The van der Waals surface area contributed by atoms with Crippen molar-refractivity contribution in [3.8, 4) is 0 Å². The van der Waals surface area contributed by atoms with Gasteiger partial charge in [0.2, 0.25) is 0 Å². The Hall–Kier alpha value is -0.980. The summed E-state index contributed by atoms with van der Waals surface area (Å²) in [5, 5.41) is 14.0. The zero-order chi connectivity index (χ0) is 14.4. The van der Waals surface area contributed by atoms with E-state index in [0.29, 0.717) is 13.2 Å². The Kier molecular flexibility index (Phi) is 6.41. The molecule has 0 saturated carbocycles. The summed E-state index contributed by atoms with van der Waals surface area (Å²) in [4.78, 5) is 16.7. The molecule has 0 aliphatic rings. The number of rotatable bonds is 7. The summed E-state index contributed by atoms with van der Waals surface area (Å²) >= 11 is 1.65. The fraction of sp³-hybridized carbons (Fsp3) is 0.692. The summed E-state index contributed by atoms with van der Waals surface area (Å²) in [5.74, 6) is -0.366. The molecule has 2 N–H and O–H groups in total. The SMILES string of the molecule is CCOC(=O)CC(O)CNC(C)c1sc(C)nc1C. The van der Waals surface area contributed by atoms with Crippen LogP contribution in [0.1, 0.15) is 41.9 Å². The molecule has 1 heterocycles. The maximum atomic E-state index is 11.2. The van der Waals surface area contributed by atoms with Gasteiger partial charge in [-0.15, -0.1) is 11.3 Å². The van der Waals surface area contributed by atoms with E-state index in [1.807, 2.05) is 20.8 Å². The zero-order valence-electron chi connectivity index (χ0n) is 11.9. The van der Waals surface area contributed by atoms with Crippen LogP contribution >= 0.6 is 11.3 Å². The first-order chi connectivity index (χ1) is 8.93. The molecule has 1 aromatic heterocycles. The van der Waals surface area contributed by atoms with Crippen molar-refractivity contribution in [2.45, 2.75) is 46.3 Å². The van der Waals surface area contributed by atoms with Crippen molar-refractivity contribution in [3.05, 3.63) is 15.6 Å². The number of aliphatic hydroxyl groups is 1. The van der Waals surface area contributed by atoms with Gasteiger partial charge in [0, 0.05) is 17.5 Å². The first-order valence-electron chi connectivity index (χ1n) is 6.45. The van der Waals surface area contributed by atoms with Crippen LogP contribution in [0.4, 0.5) is 0 Å². The molecule has 2 atom stereocenters. The van der Waals surface area contributed by atoms with Crippen LogP contribution < -0.4 is 5.32 Å². The molecule has 5 nitrogen and oxygen atoms in total. The van der Waals surface area contributed by atoms with Gasteiger partial charge in [-0.2, -0.15) is 0 Å². The normalized spacial score (nSPS) is 14.2. The van der Waals surface area contributed by atoms with Crippen LogP contribution in [-0.4, -0.2) is 35.3 Å². The minimum Gasteiger partial charge on any atom is -0.466 e. The number of carbonyl (C=O) groups is 1. The van der Waals surface area contributed by atoms with E-state index in [-0.39, 0.29) is 18.4 Å². The second-order valence-electron chi connectivity index (χ2n) is 4.48. The van der Waals surface area contributed by atoms with Crippen molar-refractivity contribution in [3.63, 3.8) is 0 Å². The Balaban J connectivity index is 2.39. The summed E-state index contributed by atoms with van der Waals surface area (Å²) in [7, 11) is 0. The van der Waals surface area contributed by atoms with Gasteiger partial charge in [-0.25, -0.2) is 4.98 Å². The molecule has 0 fully saturated rings. The van der Waals surface area contributed by atoms with Crippen LogP contribution in [0.15, 0.2) is 0 Å². The van der Waals surface area contributed by atoms with Crippen molar-refractivity contribution in [2.75, 3.05) is 13.2 Å². The van der Waals surface area contributed by atoms with Gasteiger partial charge in [0.05, 0.1) is 29.8 Å². The second kappa shape index (κ2) is 7.57. The fourth-order valence-electron chi connectivity index (χ4n) is 1.84. The molecule has 0 bridgehead atoms. The predicted molar refractivity (Wildman–Crippen MR) is 75.3 cm³/mol. The van der Waals surface area contributed by atoms with Gasteiger partial charge in [0.25, 0.3) is 0 Å². The third kappa shape index (κ3) is 5.26. The van der Waals surface area contributed by atoms with Crippen LogP contribution in [0.5, 0.6) is 0 Å². The Labute approximate surface area is 118 Å². The number of hydrogen-bond donors (Lipinski definition) is 2. The van der Waals surface area contributed by atoms with Crippen molar-refractivity contribution in [1.82, 2.24) is 10.3 Å². The molecule has 0 amide bonds. The van der Waals surface area contributed by atoms with Crippen LogP contribution in [0.25, 0.3) is 0 Å². The van der Waals surface area contributed by atoms with Gasteiger partial charge < -0.3 is 15.2 Å². The first-order valence-corrected chi connectivity index (χ1v) is 7.26. The molecule has 0 aliphatic heterocycles. The van der Waals surface area contributed by atoms with Gasteiger partial charge in [0.15, 0.2) is 0 Å². The molecule has 19 heavy (non-hydrogen) atoms. The third-order valence-corrected chi connectivity index (χ3v) is 3.96. The molecule has 0 aliphatic carbocycles. The lowest BCUT2D eigenvalue weighted by atomic mass is 10.2. The van der Waals surface area contributed by atoms with E-state index in [2.05, 4.69) is 10.3 Å². The van der Waals surface area contributed by atoms with Crippen LogP contribution in [0.2, 0.25) is 0 Å². The van der Waals surface area contributed by atoms with Gasteiger partial charge in [-0.3, -0.25) is 4.79 Å². The van der Waals surface area contributed by atoms with Gasteiger partial charge >= 0.3 is 5.97 Å². The van der Waals surface area contributed by atoms with E-state index < -0.39 is 6.10 Å². The number of aryl methyl sites for hydroxylation is 2. The highest BCUT2D eigenvalue weighted by Crippen LogP contribution is 2.24. The molecule has 0 aromatic carbocycles. The van der Waals surface area contributed by atoms with Gasteiger partial charge in [-0.05, 0) is 27.7 Å². The number of esters is 1. The average Bonchev–Trinajstić information content (AvgIpc) is 2.65. The van der Waals surface area contributed by atoms with E-state index in [1.165, 1.54) is 4.88 Å². The lowest BCUT2D eigenvalue weighted by Crippen LogP contribution is -2.31. The standard InChI is InChI=1S/C13H22N2O3S/c1-5-18-12(17)6-11(16)7-14-8(2)13-9(3)15-10(4)19-13/h8,11,14,16H,5-7H2,1-4H3. The molecule has 1 rings (SSSR count). The molecule has 0 saturated heterocycles. The Morgan fingerprint density at radius 1 is 1.53 bits per heavy atom. The van der Waals surface area contributed by atoms with Gasteiger partial charge in [0.1, 0.15) is 0 Å². The number of thiazole rings is 1. The summed E-state index contributed by atoms with van der Waals surface area (Å²) in [6, 6.07) is 0.114. The minimum absolute atomic E-state index is 0.0221. The lowest BCUT2D eigenvalue weighted by Gasteiger charge is -2.16. The minimum atomic E-state index is -0.726. The summed E-state index contributed by atoms with van der Waals surface area (Å²) in [6.45, 7) is 8.43.